The van der Waals surface area contributed by atoms with Crippen molar-refractivity contribution >= 4 is 17.5 Å². The van der Waals surface area contributed by atoms with Gasteiger partial charge in [0.2, 0.25) is 0 Å². The number of rotatable bonds is 3. The van der Waals surface area contributed by atoms with Crippen molar-refractivity contribution < 1.29 is 4.79 Å². The quantitative estimate of drug-likeness (QED) is 0.942. The lowest BCUT2D eigenvalue weighted by Crippen LogP contribution is -2.50. The van der Waals surface area contributed by atoms with Crippen molar-refractivity contribution in [2.75, 3.05) is 36.4 Å². The number of amides is 2. The zero-order valence-corrected chi connectivity index (χ0v) is 14.3. The molecule has 1 aliphatic heterocycles. The predicted octanol–water partition coefficient (Wildman–Crippen LogP) is 3.31. The lowest BCUT2D eigenvalue weighted by atomic mass is 10.1. The molecule has 5 heteroatoms. The van der Waals surface area contributed by atoms with Gasteiger partial charge in [-0.1, -0.05) is 31.2 Å². The minimum absolute atomic E-state index is 0.0206. The van der Waals surface area contributed by atoms with Crippen LogP contribution < -0.4 is 10.2 Å². The first-order valence-electron chi connectivity index (χ1n) is 8.50. The lowest BCUT2D eigenvalue weighted by Gasteiger charge is -2.35. The van der Waals surface area contributed by atoms with Gasteiger partial charge in [-0.2, -0.15) is 0 Å². The Morgan fingerprint density at radius 2 is 1.83 bits per heavy atom. The van der Waals surface area contributed by atoms with Crippen molar-refractivity contribution in [2.24, 2.45) is 0 Å². The van der Waals surface area contributed by atoms with Crippen molar-refractivity contribution in [1.29, 1.82) is 0 Å². The minimum Gasteiger partial charge on any atom is -0.353 e. The number of anilines is 2. The van der Waals surface area contributed by atoms with Gasteiger partial charge < -0.3 is 15.1 Å². The SMILES string of the molecule is CCc1ccccc1NC(=O)N1CCN(c2cccc(C)n2)CC1. The largest absolute Gasteiger partial charge is 0.353 e. The van der Waals surface area contributed by atoms with Crippen LogP contribution in [0.5, 0.6) is 0 Å². The van der Waals surface area contributed by atoms with Gasteiger partial charge in [-0.25, -0.2) is 9.78 Å². The molecule has 0 saturated carbocycles. The van der Waals surface area contributed by atoms with Gasteiger partial charge in [0.1, 0.15) is 5.82 Å². The molecule has 0 unspecified atom stereocenters. The molecule has 1 aromatic heterocycles. The highest BCUT2D eigenvalue weighted by molar-refractivity contribution is 5.90. The van der Waals surface area contributed by atoms with E-state index in [2.05, 4.69) is 28.2 Å². The van der Waals surface area contributed by atoms with Gasteiger partial charge in [0.15, 0.2) is 0 Å². The maximum atomic E-state index is 12.5. The molecular formula is C19H24N4O. The fraction of sp³-hybridized carbons (Fsp3) is 0.368. The summed E-state index contributed by atoms with van der Waals surface area (Å²) < 4.78 is 0. The van der Waals surface area contributed by atoms with E-state index in [0.717, 1.165) is 42.3 Å². The van der Waals surface area contributed by atoms with E-state index < -0.39 is 0 Å². The van der Waals surface area contributed by atoms with Gasteiger partial charge in [0, 0.05) is 37.6 Å². The summed E-state index contributed by atoms with van der Waals surface area (Å²) in [5.74, 6) is 0.992. The number of pyridine rings is 1. The van der Waals surface area contributed by atoms with Crippen molar-refractivity contribution in [1.82, 2.24) is 9.88 Å². The van der Waals surface area contributed by atoms with Crippen molar-refractivity contribution in [3.63, 3.8) is 0 Å². The second-order valence-corrected chi connectivity index (χ2v) is 6.05. The maximum absolute atomic E-state index is 12.5. The molecule has 0 spiro atoms. The number of hydrogen-bond donors (Lipinski definition) is 1. The second-order valence-electron chi connectivity index (χ2n) is 6.05. The number of nitrogens with one attached hydrogen (secondary N) is 1. The first-order valence-corrected chi connectivity index (χ1v) is 8.50. The molecule has 0 radical (unpaired) electrons. The number of nitrogens with zero attached hydrogens (tertiary/aromatic N) is 3. The van der Waals surface area contributed by atoms with E-state index in [1.165, 1.54) is 0 Å². The first-order chi connectivity index (χ1) is 11.7. The second kappa shape index (κ2) is 7.34. The normalized spacial score (nSPS) is 14.6. The van der Waals surface area contributed by atoms with Crippen LogP contribution in [0.4, 0.5) is 16.3 Å². The molecule has 2 heterocycles. The van der Waals surface area contributed by atoms with Crippen molar-refractivity contribution in [2.45, 2.75) is 20.3 Å². The smallest absolute Gasteiger partial charge is 0.321 e. The predicted molar refractivity (Wildman–Crippen MR) is 97.6 cm³/mol. The Kier molecular flexibility index (Phi) is 4.99. The number of carbonyl (C=O) groups is 1. The van der Waals surface area contributed by atoms with Crippen LogP contribution in [0.3, 0.4) is 0 Å². The van der Waals surface area contributed by atoms with Crippen LogP contribution in [0.1, 0.15) is 18.2 Å². The summed E-state index contributed by atoms with van der Waals surface area (Å²) in [5, 5.41) is 3.05. The topological polar surface area (TPSA) is 48.5 Å². The van der Waals surface area contributed by atoms with Crippen LogP contribution in [0.25, 0.3) is 0 Å². The molecule has 24 heavy (non-hydrogen) atoms. The molecule has 0 aliphatic carbocycles. The zero-order valence-electron chi connectivity index (χ0n) is 14.3. The average molecular weight is 324 g/mol. The van der Waals surface area contributed by atoms with E-state index in [4.69, 9.17) is 0 Å². The average Bonchev–Trinajstić information content (AvgIpc) is 2.62. The molecule has 5 nitrogen and oxygen atoms in total. The van der Waals surface area contributed by atoms with Gasteiger partial charge in [-0.3, -0.25) is 0 Å². The highest BCUT2D eigenvalue weighted by atomic mass is 16.2. The number of piperazine rings is 1. The summed E-state index contributed by atoms with van der Waals surface area (Å²) >= 11 is 0. The van der Waals surface area contributed by atoms with E-state index in [9.17, 15) is 4.79 Å². The highest BCUT2D eigenvalue weighted by Gasteiger charge is 2.22. The minimum atomic E-state index is -0.0206. The summed E-state index contributed by atoms with van der Waals surface area (Å²) in [6.07, 6.45) is 0.906. The summed E-state index contributed by atoms with van der Waals surface area (Å²) in [7, 11) is 0. The van der Waals surface area contributed by atoms with Gasteiger partial charge >= 0.3 is 6.03 Å². The first kappa shape index (κ1) is 16.3. The van der Waals surface area contributed by atoms with Crippen LogP contribution in [-0.4, -0.2) is 42.1 Å². The van der Waals surface area contributed by atoms with Crippen LogP contribution in [-0.2, 0) is 6.42 Å². The van der Waals surface area contributed by atoms with E-state index in [0.29, 0.717) is 13.1 Å². The lowest BCUT2D eigenvalue weighted by molar-refractivity contribution is 0.208. The Morgan fingerprint density at radius 1 is 1.08 bits per heavy atom. The molecule has 2 aromatic rings. The summed E-state index contributed by atoms with van der Waals surface area (Å²) in [4.78, 5) is 21.2. The van der Waals surface area contributed by atoms with E-state index >= 15 is 0 Å². The summed E-state index contributed by atoms with van der Waals surface area (Å²) in [6.45, 7) is 7.11. The molecule has 1 fully saturated rings. The Labute approximate surface area is 143 Å². The molecule has 0 atom stereocenters. The summed E-state index contributed by atoms with van der Waals surface area (Å²) in [6, 6.07) is 14.0. The van der Waals surface area contributed by atoms with Crippen LogP contribution >= 0.6 is 0 Å². The van der Waals surface area contributed by atoms with Crippen LogP contribution in [0.15, 0.2) is 42.5 Å². The fourth-order valence-electron chi connectivity index (χ4n) is 2.99. The number of para-hydroxylation sites is 1. The van der Waals surface area contributed by atoms with E-state index in [1.54, 1.807) is 0 Å². The van der Waals surface area contributed by atoms with Crippen LogP contribution in [0.2, 0.25) is 0 Å². The molecule has 2 amide bonds. The molecule has 1 saturated heterocycles. The van der Waals surface area contributed by atoms with Gasteiger partial charge in [0.05, 0.1) is 0 Å². The fourth-order valence-corrected chi connectivity index (χ4v) is 2.99. The summed E-state index contributed by atoms with van der Waals surface area (Å²) in [5.41, 5.74) is 3.09. The molecule has 0 bridgehead atoms. The number of benzene rings is 1. The van der Waals surface area contributed by atoms with Gasteiger partial charge in [-0.05, 0) is 37.1 Å². The van der Waals surface area contributed by atoms with E-state index in [-0.39, 0.29) is 6.03 Å². The van der Waals surface area contributed by atoms with Crippen LogP contribution in [0, 0.1) is 6.92 Å². The zero-order chi connectivity index (χ0) is 16.9. The molecular weight excluding hydrogens is 300 g/mol. The number of urea groups is 1. The molecule has 1 aliphatic rings. The van der Waals surface area contributed by atoms with E-state index in [1.807, 2.05) is 48.2 Å². The molecule has 126 valence electrons. The number of hydrogen-bond acceptors (Lipinski definition) is 3. The van der Waals surface area contributed by atoms with Gasteiger partial charge in [-0.15, -0.1) is 0 Å². The number of aryl methyl sites for hydroxylation is 2. The molecule has 1 aromatic carbocycles. The van der Waals surface area contributed by atoms with Crippen molar-refractivity contribution in [3.8, 4) is 0 Å². The third-order valence-corrected chi connectivity index (χ3v) is 4.40. The Hall–Kier alpha value is -2.56. The Balaban J connectivity index is 1.59. The van der Waals surface area contributed by atoms with Gasteiger partial charge in [0.25, 0.3) is 0 Å². The Morgan fingerprint density at radius 3 is 2.54 bits per heavy atom. The highest BCUT2D eigenvalue weighted by Crippen LogP contribution is 2.18. The Bertz CT molecular complexity index is 708. The maximum Gasteiger partial charge on any atom is 0.321 e. The molecule has 3 rings (SSSR count). The number of aromatic nitrogens is 1. The number of carbonyl (C=O) groups excluding carboxylic acids is 1. The van der Waals surface area contributed by atoms with Crippen molar-refractivity contribution in [3.05, 3.63) is 53.7 Å². The third-order valence-electron chi connectivity index (χ3n) is 4.40. The third kappa shape index (κ3) is 3.67. The standard InChI is InChI=1S/C19H24N4O/c1-3-16-8-4-5-9-17(16)21-19(24)23-13-11-22(12-14-23)18-10-6-7-15(2)20-18/h4-10H,3,11-14H2,1-2H3,(H,21,24). The molecule has 1 N–H and O–H groups in total. The monoisotopic (exact) mass is 324 g/mol.